The monoisotopic (exact) mass is 698 g/mol. The molecule has 0 unspecified atom stereocenters. The Hall–Kier alpha value is -1.88. The molecule has 242 valence electrons. The van der Waals surface area contributed by atoms with Gasteiger partial charge < -0.3 is 0 Å². The fourth-order valence-electron chi connectivity index (χ4n) is 7.45. The van der Waals surface area contributed by atoms with Gasteiger partial charge in [0.2, 0.25) is 0 Å². The van der Waals surface area contributed by atoms with Crippen LogP contribution in [0.5, 0.6) is 0 Å². The molecule has 9 heteroatoms. The minimum atomic E-state index is -2.88. The molecule has 0 bridgehead atoms. The second kappa shape index (κ2) is 13.3. The van der Waals surface area contributed by atoms with Crippen molar-refractivity contribution >= 4 is 38.1 Å². The fraction of sp³-hybridized carbons (Fsp3) is 0.500. The molecule has 3 aliphatic rings. The van der Waals surface area contributed by atoms with E-state index in [1.165, 1.54) is 10.4 Å². The number of fused-ring (bicyclic) bond motifs is 2. The predicted molar refractivity (Wildman–Crippen MR) is 178 cm³/mol. The summed E-state index contributed by atoms with van der Waals surface area (Å²) in [6.07, 6.45) is 0.353. The van der Waals surface area contributed by atoms with Gasteiger partial charge in [-0.2, -0.15) is 0 Å². The molecule has 0 radical (unpaired) electrons. The molecule has 2 heterocycles. The Kier molecular flexibility index (Phi) is 9.78. The van der Waals surface area contributed by atoms with Gasteiger partial charge in [0.25, 0.3) is 0 Å². The Morgan fingerprint density at radius 3 is 1.76 bits per heavy atom. The van der Waals surface area contributed by atoms with Crippen molar-refractivity contribution in [3.63, 3.8) is 0 Å². The number of rotatable bonds is 9. The van der Waals surface area contributed by atoms with Gasteiger partial charge in [0, 0.05) is 0 Å². The molecule has 2 aliphatic heterocycles. The fourth-order valence-corrected chi connectivity index (χ4v) is 14.3. The zero-order chi connectivity index (χ0) is 31.7. The van der Waals surface area contributed by atoms with Crippen molar-refractivity contribution in [1.29, 1.82) is 0 Å². The molecule has 1 saturated carbocycles. The molecule has 6 rings (SSSR count). The summed E-state index contributed by atoms with van der Waals surface area (Å²) in [5.74, 6) is -2.23. The average molecular weight is 698 g/mol. The van der Waals surface area contributed by atoms with Gasteiger partial charge in [-0.05, 0) is 0 Å². The molecular weight excluding hydrogens is 651 g/mol. The quantitative estimate of drug-likeness (QED) is 0.342. The van der Waals surface area contributed by atoms with Gasteiger partial charge in [-0.25, -0.2) is 0 Å². The summed E-state index contributed by atoms with van der Waals surface area (Å²) in [6.45, 7) is 7.07. The van der Waals surface area contributed by atoms with Crippen LogP contribution < -0.4 is 14.8 Å². The number of benzene rings is 3. The SMILES string of the molecule is CO[C@]12CCCC[C@]1(OC)O[C@H]1[C@H](O2)[C@H](O)[C@@H]([Se]c2ccccc2)O[C@@H]1CO[Si](c1ccccc1)(c1ccccc1)C(C)(C)C. The number of hydrogen-bond acceptors (Lipinski definition) is 7. The van der Waals surface area contributed by atoms with E-state index in [1.807, 2.05) is 30.3 Å². The molecule has 1 N–H and O–H groups in total. The predicted octanol–water partition coefficient (Wildman–Crippen LogP) is 3.72. The van der Waals surface area contributed by atoms with E-state index in [2.05, 4.69) is 81.4 Å². The van der Waals surface area contributed by atoms with Crippen molar-refractivity contribution in [2.75, 3.05) is 20.8 Å². The van der Waals surface area contributed by atoms with Gasteiger partial charge in [-0.3, -0.25) is 0 Å². The average Bonchev–Trinajstić information content (AvgIpc) is 3.07. The van der Waals surface area contributed by atoms with E-state index in [0.717, 1.165) is 17.3 Å². The molecule has 1 aliphatic carbocycles. The Morgan fingerprint density at radius 2 is 1.27 bits per heavy atom. The number of aliphatic hydroxyl groups is 1. The van der Waals surface area contributed by atoms with E-state index in [-0.39, 0.29) is 26.6 Å². The van der Waals surface area contributed by atoms with Crippen LogP contribution in [0.15, 0.2) is 91.0 Å². The first-order valence-corrected chi connectivity index (χ1v) is 19.7. The number of methoxy groups -OCH3 is 2. The number of hydrogen-bond donors (Lipinski definition) is 1. The Bertz CT molecular complexity index is 1350. The van der Waals surface area contributed by atoms with E-state index in [1.54, 1.807) is 14.2 Å². The van der Waals surface area contributed by atoms with Gasteiger partial charge in [-0.1, -0.05) is 0 Å². The van der Waals surface area contributed by atoms with Crippen LogP contribution in [0.4, 0.5) is 0 Å². The summed E-state index contributed by atoms with van der Waals surface area (Å²) < 4.78 is 41.4. The van der Waals surface area contributed by atoms with E-state index in [0.29, 0.717) is 12.8 Å². The van der Waals surface area contributed by atoms with Gasteiger partial charge in [0.1, 0.15) is 0 Å². The molecule has 0 aromatic heterocycles. The van der Waals surface area contributed by atoms with Crippen molar-refractivity contribution in [1.82, 2.24) is 0 Å². The van der Waals surface area contributed by atoms with Crippen LogP contribution >= 0.6 is 0 Å². The van der Waals surface area contributed by atoms with Crippen molar-refractivity contribution in [3.05, 3.63) is 91.0 Å². The van der Waals surface area contributed by atoms with Crippen LogP contribution in [0.3, 0.4) is 0 Å². The van der Waals surface area contributed by atoms with Gasteiger partial charge in [-0.15, -0.1) is 0 Å². The molecule has 3 aromatic carbocycles. The first kappa shape index (κ1) is 33.0. The molecule has 7 nitrogen and oxygen atoms in total. The second-order valence-electron chi connectivity index (χ2n) is 13.2. The zero-order valence-electron chi connectivity index (χ0n) is 26.9. The number of ether oxygens (including phenoxy) is 5. The maximum absolute atomic E-state index is 11.9. The van der Waals surface area contributed by atoms with Crippen LogP contribution in [0, 0.1) is 0 Å². The molecule has 0 amide bonds. The summed E-state index contributed by atoms with van der Waals surface area (Å²) in [5, 5.41) is 13.6. The summed E-state index contributed by atoms with van der Waals surface area (Å²) in [5.41, 5.74) is 0. The molecule has 2 saturated heterocycles. The summed E-state index contributed by atoms with van der Waals surface area (Å²) >= 11 is -0.187. The Balaban J connectivity index is 1.40. The van der Waals surface area contributed by atoms with Crippen molar-refractivity contribution in [2.24, 2.45) is 0 Å². The van der Waals surface area contributed by atoms with Gasteiger partial charge >= 0.3 is 276 Å². The summed E-state index contributed by atoms with van der Waals surface area (Å²) in [7, 11) is 0.417. The third-order valence-electron chi connectivity index (χ3n) is 9.65. The molecule has 3 aromatic rings. The van der Waals surface area contributed by atoms with Crippen molar-refractivity contribution in [3.8, 4) is 0 Å². The maximum atomic E-state index is 11.9. The van der Waals surface area contributed by atoms with E-state index in [4.69, 9.17) is 28.1 Å². The van der Waals surface area contributed by atoms with E-state index >= 15 is 0 Å². The summed E-state index contributed by atoms with van der Waals surface area (Å²) in [4.78, 5) is 0. The Morgan fingerprint density at radius 1 is 0.778 bits per heavy atom. The van der Waals surface area contributed by atoms with E-state index < -0.39 is 49.3 Å². The first-order valence-electron chi connectivity index (χ1n) is 15.9. The third kappa shape index (κ3) is 5.91. The molecular formula is C36H46O7SeSi. The van der Waals surface area contributed by atoms with Crippen LogP contribution in [0.2, 0.25) is 5.04 Å². The van der Waals surface area contributed by atoms with Gasteiger partial charge in [0.05, 0.1) is 0 Å². The Labute approximate surface area is 274 Å². The standard InChI is InChI=1S/C36H46O7SeSi/c1-34(2,3)45(27-19-11-7-12-20-27,28-21-13-8-14-22-28)40-25-29-31-32(30(37)33(41-29)44-26-17-9-6-10-18-26)43-36(39-5)24-16-15-23-35(36,38-4)42-31/h6-14,17-22,29-33,37H,15-16,23-25H2,1-5H3/t29-,30+,31-,32-,33-,35+,36+/m1/s1. The topological polar surface area (TPSA) is 75.6 Å². The third-order valence-corrected chi connectivity index (χ3v) is 17.1. The van der Waals surface area contributed by atoms with E-state index in [9.17, 15) is 5.11 Å². The first-order chi connectivity index (χ1) is 21.7. The van der Waals surface area contributed by atoms with Crippen LogP contribution in [-0.4, -0.2) is 90.2 Å². The van der Waals surface area contributed by atoms with Crippen molar-refractivity contribution in [2.45, 2.75) is 92.5 Å². The van der Waals surface area contributed by atoms with Crippen molar-refractivity contribution < 1.29 is 33.2 Å². The second-order valence-corrected chi connectivity index (χ2v) is 20.0. The normalized spacial score (nSPS) is 32.0. The van der Waals surface area contributed by atoms with Crippen LogP contribution in [-0.2, 0) is 28.1 Å². The molecule has 7 atom stereocenters. The van der Waals surface area contributed by atoms with Crippen LogP contribution in [0.25, 0.3) is 0 Å². The molecule has 3 fully saturated rings. The van der Waals surface area contributed by atoms with Gasteiger partial charge in [0.15, 0.2) is 0 Å². The molecule has 0 spiro atoms. The number of aliphatic hydroxyl groups excluding tert-OH is 1. The van der Waals surface area contributed by atoms with Crippen LogP contribution in [0.1, 0.15) is 46.5 Å². The summed E-state index contributed by atoms with van der Waals surface area (Å²) in [6, 6.07) is 31.4. The molecule has 45 heavy (non-hydrogen) atoms. The zero-order valence-corrected chi connectivity index (χ0v) is 29.6. The minimum absolute atomic E-state index is 0.187.